The van der Waals surface area contributed by atoms with Crippen molar-refractivity contribution in [3.05, 3.63) is 89.4 Å². The topological polar surface area (TPSA) is 71.3 Å². The highest BCUT2D eigenvalue weighted by Crippen LogP contribution is 2.19. The second kappa shape index (κ2) is 8.36. The summed E-state index contributed by atoms with van der Waals surface area (Å²) in [6.07, 6.45) is 1.44. The predicted molar refractivity (Wildman–Crippen MR) is 105 cm³/mol. The molecule has 0 radical (unpaired) electrons. The van der Waals surface area contributed by atoms with E-state index in [4.69, 9.17) is 4.42 Å². The second-order valence-corrected chi connectivity index (χ2v) is 6.48. The lowest BCUT2D eigenvalue weighted by Gasteiger charge is -2.14. The van der Waals surface area contributed by atoms with Gasteiger partial charge in [-0.05, 0) is 48.2 Å². The predicted octanol–water partition coefficient (Wildman–Crippen LogP) is 4.37. The van der Waals surface area contributed by atoms with E-state index in [0.717, 1.165) is 5.56 Å². The van der Waals surface area contributed by atoms with Gasteiger partial charge in [0.2, 0.25) is 0 Å². The minimum Gasteiger partial charge on any atom is -0.459 e. The Morgan fingerprint density at radius 3 is 2.48 bits per heavy atom. The molecule has 0 aliphatic heterocycles. The van der Waals surface area contributed by atoms with Gasteiger partial charge in [0.25, 0.3) is 11.8 Å². The lowest BCUT2D eigenvalue weighted by atomic mass is 10.0. The van der Waals surface area contributed by atoms with Gasteiger partial charge < -0.3 is 15.1 Å². The summed E-state index contributed by atoms with van der Waals surface area (Å²) in [6, 6.07) is 18.5. The van der Waals surface area contributed by atoms with Crippen LogP contribution in [0.1, 0.15) is 44.9 Å². The summed E-state index contributed by atoms with van der Waals surface area (Å²) in [5.41, 5.74) is 3.12. The average molecular weight is 362 g/mol. The van der Waals surface area contributed by atoms with Crippen molar-refractivity contribution in [2.24, 2.45) is 0 Å². The molecule has 5 heteroatoms. The normalized spacial score (nSPS) is 11.6. The van der Waals surface area contributed by atoms with E-state index in [-0.39, 0.29) is 23.5 Å². The van der Waals surface area contributed by atoms with Crippen LogP contribution < -0.4 is 10.6 Å². The van der Waals surface area contributed by atoms with Gasteiger partial charge in [-0.25, -0.2) is 0 Å². The van der Waals surface area contributed by atoms with E-state index < -0.39 is 0 Å². The molecule has 27 heavy (non-hydrogen) atoms. The zero-order valence-electron chi connectivity index (χ0n) is 15.4. The molecule has 2 amide bonds. The third kappa shape index (κ3) is 4.64. The number of carbonyl (C=O) groups excluding carboxylic acids is 2. The number of rotatable bonds is 6. The molecule has 1 atom stereocenters. The Bertz CT molecular complexity index is 918. The van der Waals surface area contributed by atoms with Crippen LogP contribution in [0.4, 0.5) is 5.69 Å². The molecule has 2 N–H and O–H groups in total. The highest BCUT2D eigenvalue weighted by Gasteiger charge is 2.14. The number of carbonyl (C=O) groups is 2. The summed E-state index contributed by atoms with van der Waals surface area (Å²) in [5, 5.41) is 5.74. The summed E-state index contributed by atoms with van der Waals surface area (Å²) in [5.74, 6) is -0.0932. The van der Waals surface area contributed by atoms with Crippen LogP contribution in [-0.2, 0) is 0 Å². The molecular weight excluding hydrogens is 340 g/mol. The van der Waals surface area contributed by atoms with Gasteiger partial charge in [0, 0.05) is 17.8 Å². The van der Waals surface area contributed by atoms with Crippen molar-refractivity contribution < 1.29 is 14.0 Å². The van der Waals surface area contributed by atoms with Gasteiger partial charge in [-0.3, -0.25) is 9.59 Å². The van der Waals surface area contributed by atoms with Crippen LogP contribution in [0.5, 0.6) is 0 Å². The Labute approximate surface area is 158 Å². The third-order valence-electron chi connectivity index (χ3n) is 4.43. The Morgan fingerprint density at radius 2 is 1.78 bits per heavy atom. The number of anilines is 1. The summed E-state index contributed by atoms with van der Waals surface area (Å²) >= 11 is 0. The van der Waals surface area contributed by atoms with E-state index >= 15 is 0 Å². The summed E-state index contributed by atoms with van der Waals surface area (Å²) < 4.78 is 5.10. The lowest BCUT2D eigenvalue weighted by Crippen LogP contribution is -2.27. The first-order chi connectivity index (χ1) is 13.0. The van der Waals surface area contributed by atoms with Crippen molar-refractivity contribution in [1.82, 2.24) is 5.32 Å². The first kappa shape index (κ1) is 18.5. The zero-order valence-corrected chi connectivity index (χ0v) is 15.4. The van der Waals surface area contributed by atoms with E-state index in [0.29, 0.717) is 17.8 Å². The number of aryl methyl sites for hydroxylation is 1. The summed E-state index contributed by atoms with van der Waals surface area (Å²) in [7, 11) is 0. The maximum atomic E-state index is 12.5. The van der Waals surface area contributed by atoms with Crippen molar-refractivity contribution in [3.63, 3.8) is 0 Å². The van der Waals surface area contributed by atoms with Crippen LogP contribution in [0.3, 0.4) is 0 Å². The molecule has 138 valence electrons. The fraction of sp³-hybridized carbons (Fsp3) is 0.182. The number of amides is 2. The molecule has 2 aromatic carbocycles. The second-order valence-electron chi connectivity index (χ2n) is 6.48. The average Bonchev–Trinajstić information content (AvgIpc) is 3.23. The zero-order chi connectivity index (χ0) is 19.2. The molecule has 5 nitrogen and oxygen atoms in total. The van der Waals surface area contributed by atoms with Gasteiger partial charge in [0.05, 0.1) is 6.26 Å². The van der Waals surface area contributed by atoms with Gasteiger partial charge in [-0.2, -0.15) is 0 Å². The van der Waals surface area contributed by atoms with Gasteiger partial charge in [0.1, 0.15) is 0 Å². The quantitative estimate of drug-likeness (QED) is 0.684. The Hall–Kier alpha value is -3.34. The van der Waals surface area contributed by atoms with Crippen LogP contribution in [0.15, 0.2) is 71.3 Å². The van der Waals surface area contributed by atoms with Crippen LogP contribution in [0.25, 0.3) is 0 Å². The lowest BCUT2D eigenvalue weighted by molar-refractivity contribution is 0.0949. The number of hydrogen-bond acceptors (Lipinski definition) is 3. The van der Waals surface area contributed by atoms with Gasteiger partial charge in [-0.15, -0.1) is 0 Å². The smallest absolute Gasteiger partial charge is 0.291 e. The molecule has 0 aliphatic rings. The maximum Gasteiger partial charge on any atom is 0.291 e. The standard InChI is InChI=1S/C22H22N2O3/c1-15-10-11-18(13-19(15)24-22(26)20-9-6-12-27-20)21(25)23-14-16(2)17-7-4-3-5-8-17/h3-13,16H,14H2,1-2H3,(H,23,25)(H,24,26)/t16-/m1/s1. The number of benzene rings is 2. The van der Waals surface area contributed by atoms with Crippen LogP contribution in [0, 0.1) is 6.92 Å². The maximum absolute atomic E-state index is 12.5. The van der Waals surface area contributed by atoms with Gasteiger partial charge in [-0.1, -0.05) is 43.3 Å². The van der Waals surface area contributed by atoms with Crippen LogP contribution in [-0.4, -0.2) is 18.4 Å². The highest BCUT2D eigenvalue weighted by atomic mass is 16.3. The van der Waals surface area contributed by atoms with E-state index in [9.17, 15) is 9.59 Å². The summed E-state index contributed by atoms with van der Waals surface area (Å²) in [6.45, 7) is 4.47. The van der Waals surface area contributed by atoms with Gasteiger partial charge in [0.15, 0.2) is 5.76 Å². The molecule has 3 aromatic rings. The van der Waals surface area contributed by atoms with E-state index in [1.807, 2.05) is 43.3 Å². The molecule has 0 unspecified atom stereocenters. The fourth-order valence-corrected chi connectivity index (χ4v) is 2.74. The molecule has 1 heterocycles. The molecule has 3 rings (SSSR count). The molecular formula is C22H22N2O3. The summed E-state index contributed by atoms with van der Waals surface area (Å²) in [4.78, 5) is 24.7. The SMILES string of the molecule is Cc1ccc(C(=O)NC[C@@H](C)c2ccccc2)cc1NC(=O)c1ccco1. The first-order valence-corrected chi connectivity index (χ1v) is 8.83. The Morgan fingerprint density at radius 1 is 1.00 bits per heavy atom. The minimum atomic E-state index is -0.349. The van der Waals surface area contributed by atoms with Crippen LogP contribution >= 0.6 is 0 Å². The number of furan rings is 1. The minimum absolute atomic E-state index is 0.175. The molecule has 0 aliphatic carbocycles. The highest BCUT2D eigenvalue weighted by molar-refractivity contribution is 6.03. The molecule has 0 saturated heterocycles. The van der Waals surface area contributed by atoms with Gasteiger partial charge >= 0.3 is 0 Å². The first-order valence-electron chi connectivity index (χ1n) is 8.83. The third-order valence-corrected chi connectivity index (χ3v) is 4.43. The van der Waals surface area contributed by atoms with Crippen molar-refractivity contribution in [3.8, 4) is 0 Å². The van der Waals surface area contributed by atoms with Crippen LogP contribution in [0.2, 0.25) is 0 Å². The molecule has 0 saturated carbocycles. The number of hydrogen-bond donors (Lipinski definition) is 2. The molecule has 0 spiro atoms. The molecule has 0 fully saturated rings. The van der Waals surface area contributed by atoms with Crippen molar-refractivity contribution in [2.75, 3.05) is 11.9 Å². The number of nitrogens with one attached hydrogen (secondary N) is 2. The van der Waals surface area contributed by atoms with Crippen molar-refractivity contribution >= 4 is 17.5 Å². The fourth-order valence-electron chi connectivity index (χ4n) is 2.74. The Balaban J connectivity index is 1.66. The largest absolute Gasteiger partial charge is 0.459 e. The Kier molecular flexibility index (Phi) is 5.71. The van der Waals surface area contributed by atoms with E-state index in [1.165, 1.54) is 11.8 Å². The molecule has 0 bridgehead atoms. The van der Waals surface area contributed by atoms with Crippen molar-refractivity contribution in [1.29, 1.82) is 0 Å². The van der Waals surface area contributed by atoms with E-state index in [2.05, 4.69) is 17.6 Å². The van der Waals surface area contributed by atoms with E-state index in [1.54, 1.807) is 24.3 Å². The molecule has 1 aromatic heterocycles. The monoisotopic (exact) mass is 362 g/mol. The van der Waals surface area contributed by atoms with Crippen molar-refractivity contribution in [2.45, 2.75) is 19.8 Å².